The Labute approximate surface area is 164 Å². The van der Waals surface area contributed by atoms with E-state index in [-0.39, 0.29) is 11.6 Å². The van der Waals surface area contributed by atoms with Crippen molar-refractivity contribution in [3.05, 3.63) is 66.6 Å². The van der Waals surface area contributed by atoms with Crippen LogP contribution < -0.4 is 19.7 Å². The quantitative estimate of drug-likeness (QED) is 0.672. The summed E-state index contributed by atoms with van der Waals surface area (Å²) in [5.74, 6) is 1.61. The molecule has 0 aliphatic rings. The number of rotatable bonds is 7. The van der Waals surface area contributed by atoms with Gasteiger partial charge in [-0.15, -0.1) is 0 Å². The molecule has 3 rings (SSSR count). The lowest BCUT2D eigenvalue weighted by Gasteiger charge is -2.20. The van der Waals surface area contributed by atoms with E-state index in [9.17, 15) is 4.79 Å². The molecule has 0 saturated carbocycles. The van der Waals surface area contributed by atoms with Crippen LogP contribution in [-0.4, -0.2) is 36.6 Å². The molecule has 1 heterocycles. The standard InChI is InChI=1S/C21H22N4O3/c1-4-25(15-8-6-5-7-9-15)21(26)18-13-23-20(14-22-18)24-17-11-10-16(27-2)12-19(17)28-3/h5-14H,4H2,1-3H3,(H,23,24). The average Bonchev–Trinajstić information content (AvgIpc) is 2.75. The summed E-state index contributed by atoms with van der Waals surface area (Å²) in [5.41, 5.74) is 1.82. The molecule has 2 aromatic carbocycles. The van der Waals surface area contributed by atoms with Gasteiger partial charge in [0, 0.05) is 18.3 Å². The minimum Gasteiger partial charge on any atom is -0.497 e. The maximum absolute atomic E-state index is 12.8. The Bertz CT molecular complexity index is 930. The van der Waals surface area contributed by atoms with Crippen molar-refractivity contribution in [2.45, 2.75) is 6.92 Å². The summed E-state index contributed by atoms with van der Waals surface area (Å²) < 4.78 is 10.6. The van der Waals surface area contributed by atoms with Crippen LogP contribution in [0.5, 0.6) is 11.5 Å². The van der Waals surface area contributed by atoms with Crippen molar-refractivity contribution in [3.63, 3.8) is 0 Å². The predicted octanol–water partition coefficient (Wildman–Crippen LogP) is 3.90. The third-order valence-corrected chi connectivity index (χ3v) is 4.17. The first-order chi connectivity index (χ1) is 13.7. The summed E-state index contributed by atoms with van der Waals surface area (Å²) in [5, 5.41) is 3.14. The molecule has 0 aliphatic carbocycles. The van der Waals surface area contributed by atoms with Gasteiger partial charge in [0.25, 0.3) is 5.91 Å². The predicted molar refractivity (Wildman–Crippen MR) is 109 cm³/mol. The summed E-state index contributed by atoms with van der Waals surface area (Å²) in [6.45, 7) is 2.46. The lowest BCUT2D eigenvalue weighted by molar-refractivity contribution is 0.0983. The number of nitrogens with one attached hydrogen (secondary N) is 1. The van der Waals surface area contributed by atoms with Gasteiger partial charge >= 0.3 is 0 Å². The lowest BCUT2D eigenvalue weighted by Crippen LogP contribution is -2.31. The third kappa shape index (κ3) is 4.20. The van der Waals surface area contributed by atoms with Crippen molar-refractivity contribution in [1.82, 2.24) is 9.97 Å². The molecule has 0 spiro atoms. The SMILES string of the molecule is CCN(C(=O)c1cnc(Nc2ccc(OC)cc2OC)cn1)c1ccccc1. The first-order valence-corrected chi connectivity index (χ1v) is 8.84. The first kappa shape index (κ1) is 19.2. The number of amides is 1. The number of hydrogen-bond donors (Lipinski definition) is 1. The molecule has 0 atom stereocenters. The molecular formula is C21H22N4O3. The number of benzene rings is 2. The van der Waals surface area contributed by atoms with E-state index in [1.54, 1.807) is 25.2 Å². The van der Waals surface area contributed by atoms with Crippen LogP contribution in [0.2, 0.25) is 0 Å². The van der Waals surface area contributed by atoms with Gasteiger partial charge in [-0.3, -0.25) is 4.79 Å². The summed E-state index contributed by atoms with van der Waals surface area (Å²) in [4.78, 5) is 23.0. The second kappa shape index (κ2) is 8.85. The van der Waals surface area contributed by atoms with Crippen LogP contribution in [0.4, 0.5) is 17.2 Å². The maximum atomic E-state index is 12.8. The highest BCUT2D eigenvalue weighted by Gasteiger charge is 2.17. The smallest absolute Gasteiger partial charge is 0.278 e. The van der Waals surface area contributed by atoms with Crippen LogP contribution in [0.25, 0.3) is 0 Å². The minimum absolute atomic E-state index is 0.199. The van der Waals surface area contributed by atoms with Crippen molar-refractivity contribution >= 4 is 23.1 Å². The molecule has 7 heteroatoms. The lowest BCUT2D eigenvalue weighted by atomic mass is 10.2. The number of aromatic nitrogens is 2. The molecule has 1 amide bonds. The second-order valence-electron chi connectivity index (χ2n) is 5.86. The van der Waals surface area contributed by atoms with Crippen LogP contribution >= 0.6 is 0 Å². The highest BCUT2D eigenvalue weighted by atomic mass is 16.5. The van der Waals surface area contributed by atoms with E-state index in [4.69, 9.17) is 9.47 Å². The molecule has 0 aliphatic heterocycles. The van der Waals surface area contributed by atoms with Gasteiger partial charge in [-0.05, 0) is 31.2 Å². The van der Waals surface area contributed by atoms with Crippen molar-refractivity contribution in [2.24, 2.45) is 0 Å². The van der Waals surface area contributed by atoms with Crippen molar-refractivity contribution in [1.29, 1.82) is 0 Å². The number of methoxy groups -OCH3 is 2. The average molecular weight is 378 g/mol. The number of carbonyl (C=O) groups excluding carboxylic acids is 1. The Morgan fingerprint density at radius 1 is 1.04 bits per heavy atom. The maximum Gasteiger partial charge on any atom is 0.278 e. The summed E-state index contributed by atoms with van der Waals surface area (Å²) in [6, 6.07) is 14.9. The zero-order chi connectivity index (χ0) is 19.9. The van der Waals surface area contributed by atoms with E-state index in [1.807, 2.05) is 49.4 Å². The molecule has 0 fully saturated rings. The largest absolute Gasteiger partial charge is 0.497 e. The zero-order valence-corrected chi connectivity index (χ0v) is 16.0. The Morgan fingerprint density at radius 3 is 2.43 bits per heavy atom. The monoisotopic (exact) mass is 378 g/mol. The fourth-order valence-corrected chi connectivity index (χ4v) is 2.73. The van der Waals surface area contributed by atoms with Crippen LogP contribution in [0, 0.1) is 0 Å². The van der Waals surface area contributed by atoms with Gasteiger partial charge in [-0.1, -0.05) is 18.2 Å². The van der Waals surface area contributed by atoms with Gasteiger partial charge in [0.1, 0.15) is 23.0 Å². The van der Waals surface area contributed by atoms with E-state index < -0.39 is 0 Å². The van der Waals surface area contributed by atoms with Crippen molar-refractivity contribution in [2.75, 3.05) is 31.0 Å². The highest BCUT2D eigenvalue weighted by Crippen LogP contribution is 2.30. The molecular weight excluding hydrogens is 356 g/mol. The van der Waals surface area contributed by atoms with E-state index in [1.165, 1.54) is 12.4 Å². The fourth-order valence-electron chi connectivity index (χ4n) is 2.73. The zero-order valence-electron chi connectivity index (χ0n) is 16.0. The van der Waals surface area contributed by atoms with Crippen LogP contribution in [0.15, 0.2) is 60.9 Å². The molecule has 144 valence electrons. The van der Waals surface area contributed by atoms with Crippen LogP contribution in [0.1, 0.15) is 17.4 Å². The summed E-state index contributed by atoms with van der Waals surface area (Å²) in [7, 11) is 3.18. The fraction of sp³-hybridized carbons (Fsp3) is 0.190. The van der Waals surface area contributed by atoms with Gasteiger partial charge in [0.05, 0.1) is 32.3 Å². The topological polar surface area (TPSA) is 76.6 Å². The van der Waals surface area contributed by atoms with Crippen molar-refractivity contribution in [3.8, 4) is 11.5 Å². The Morgan fingerprint density at radius 2 is 1.82 bits per heavy atom. The van der Waals surface area contributed by atoms with Gasteiger partial charge in [-0.25, -0.2) is 9.97 Å². The van der Waals surface area contributed by atoms with E-state index in [0.29, 0.717) is 23.9 Å². The number of anilines is 3. The van der Waals surface area contributed by atoms with E-state index in [2.05, 4.69) is 15.3 Å². The normalized spacial score (nSPS) is 10.2. The van der Waals surface area contributed by atoms with Crippen molar-refractivity contribution < 1.29 is 14.3 Å². The Balaban J connectivity index is 1.77. The van der Waals surface area contributed by atoms with Gasteiger partial charge in [0.2, 0.25) is 0 Å². The third-order valence-electron chi connectivity index (χ3n) is 4.17. The number of ether oxygens (including phenoxy) is 2. The van der Waals surface area contributed by atoms with Crippen LogP contribution in [0.3, 0.4) is 0 Å². The summed E-state index contributed by atoms with van der Waals surface area (Å²) >= 11 is 0. The summed E-state index contributed by atoms with van der Waals surface area (Å²) in [6.07, 6.45) is 2.99. The first-order valence-electron chi connectivity index (χ1n) is 8.84. The molecule has 3 aromatic rings. The number of carbonyl (C=O) groups is 1. The molecule has 0 radical (unpaired) electrons. The van der Waals surface area contributed by atoms with E-state index >= 15 is 0 Å². The molecule has 0 bridgehead atoms. The number of hydrogen-bond acceptors (Lipinski definition) is 6. The molecule has 0 saturated heterocycles. The Hall–Kier alpha value is -3.61. The van der Waals surface area contributed by atoms with Gasteiger partial charge in [0.15, 0.2) is 0 Å². The Kier molecular flexibility index (Phi) is 6.06. The highest BCUT2D eigenvalue weighted by molar-refractivity contribution is 6.04. The van der Waals surface area contributed by atoms with Crippen LogP contribution in [-0.2, 0) is 0 Å². The molecule has 1 aromatic heterocycles. The molecule has 28 heavy (non-hydrogen) atoms. The molecule has 1 N–H and O–H groups in total. The molecule has 0 unspecified atom stereocenters. The molecule has 7 nitrogen and oxygen atoms in total. The number of nitrogens with zero attached hydrogens (tertiary/aromatic N) is 3. The minimum atomic E-state index is -0.199. The van der Waals surface area contributed by atoms with Gasteiger partial charge < -0.3 is 19.7 Å². The van der Waals surface area contributed by atoms with E-state index in [0.717, 1.165) is 11.4 Å². The second-order valence-corrected chi connectivity index (χ2v) is 5.86. The van der Waals surface area contributed by atoms with Gasteiger partial charge in [-0.2, -0.15) is 0 Å². The number of para-hydroxylation sites is 1.